The maximum Gasteiger partial charge on any atom is 0.272 e. The molecule has 7 nitrogen and oxygen atoms in total. The molecule has 0 aliphatic carbocycles. The number of alkyl halides is 3. The first-order valence-corrected chi connectivity index (χ1v) is 11.1. The minimum Gasteiger partial charge on any atom is -0.347 e. The predicted octanol–water partition coefficient (Wildman–Crippen LogP) is 2.17. The second kappa shape index (κ2) is 8.90. The minimum absolute atomic E-state index is 0.233. The van der Waals surface area contributed by atoms with Gasteiger partial charge in [-0.05, 0) is 18.2 Å². The van der Waals surface area contributed by atoms with Crippen LogP contribution < -0.4 is 16.0 Å². The molecule has 27 heavy (non-hydrogen) atoms. The molecule has 0 radical (unpaired) electrons. The van der Waals surface area contributed by atoms with Crippen LogP contribution in [0.1, 0.15) is 0 Å². The van der Waals surface area contributed by atoms with Crippen molar-refractivity contribution in [2.24, 2.45) is 0 Å². The van der Waals surface area contributed by atoms with Crippen molar-refractivity contribution < 1.29 is 18.0 Å². The standard InChI is InChI=1S/C14H14Cl5N3O4S/c15-7-1-2-8(16)9(3-7)21-12(23)4-20-10-5-27(25,26)6-11(10)22-13(24)14(17,18)19/h1-3,10-11,20H,4-6H2,(H,21,23)(H,22,24). The lowest BCUT2D eigenvalue weighted by atomic mass is 10.1. The summed E-state index contributed by atoms with van der Waals surface area (Å²) in [7, 11) is -3.43. The van der Waals surface area contributed by atoms with E-state index < -0.39 is 37.5 Å². The Labute approximate surface area is 180 Å². The zero-order chi connectivity index (χ0) is 20.4. The molecule has 150 valence electrons. The SMILES string of the molecule is O=C(CNC1CS(=O)(=O)CC1NC(=O)C(Cl)(Cl)Cl)Nc1cc(Cl)ccc1Cl. The maximum absolute atomic E-state index is 12.1. The van der Waals surface area contributed by atoms with Crippen LogP contribution in [0.25, 0.3) is 0 Å². The van der Waals surface area contributed by atoms with E-state index in [9.17, 15) is 18.0 Å². The second-order valence-corrected chi connectivity index (χ2v) is 11.1. The van der Waals surface area contributed by atoms with Crippen LogP contribution in [0.2, 0.25) is 10.0 Å². The van der Waals surface area contributed by atoms with Crippen LogP contribution in [0.15, 0.2) is 18.2 Å². The van der Waals surface area contributed by atoms with Crippen LogP contribution in [-0.2, 0) is 19.4 Å². The maximum atomic E-state index is 12.1. The molecule has 1 fully saturated rings. The van der Waals surface area contributed by atoms with Gasteiger partial charge in [0, 0.05) is 11.1 Å². The van der Waals surface area contributed by atoms with E-state index in [0.717, 1.165) is 0 Å². The number of carbonyl (C=O) groups excluding carboxylic acids is 2. The number of rotatable bonds is 5. The van der Waals surface area contributed by atoms with E-state index in [0.29, 0.717) is 15.7 Å². The molecule has 0 aromatic heterocycles. The number of amides is 2. The molecule has 1 aliphatic heterocycles. The highest BCUT2D eigenvalue weighted by molar-refractivity contribution is 7.91. The smallest absolute Gasteiger partial charge is 0.272 e. The molecule has 0 bridgehead atoms. The van der Waals surface area contributed by atoms with Gasteiger partial charge in [-0.15, -0.1) is 0 Å². The highest BCUT2D eigenvalue weighted by Gasteiger charge is 2.41. The largest absolute Gasteiger partial charge is 0.347 e. The Morgan fingerprint density at radius 3 is 2.37 bits per heavy atom. The van der Waals surface area contributed by atoms with Crippen molar-refractivity contribution in [2.75, 3.05) is 23.4 Å². The van der Waals surface area contributed by atoms with E-state index in [1.165, 1.54) is 12.1 Å². The third-order valence-corrected chi connectivity index (χ3v) is 6.47. The Hall–Kier alpha value is -0.480. The Morgan fingerprint density at radius 2 is 1.74 bits per heavy atom. The van der Waals surface area contributed by atoms with Gasteiger partial charge < -0.3 is 16.0 Å². The summed E-state index contributed by atoms with van der Waals surface area (Å²) in [6.07, 6.45) is 0. The number of carbonyl (C=O) groups is 2. The van der Waals surface area contributed by atoms with E-state index >= 15 is 0 Å². The first kappa shape index (κ1) is 22.8. The molecule has 2 atom stereocenters. The fraction of sp³-hybridized carbons (Fsp3) is 0.429. The number of hydrogen-bond acceptors (Lipinski definition) is 5. The third kappa shape index (κ3) is 6.81. The van der Waals surface area contributed by atoms with Gasteiger partial charge in [0.05, 0.1) is 34.8 Å². The molecule has 3 N–H and O–H groups in total. The highest BCUT2D eigenvalue weighted by Crippen LogP contribution is 2.27. The van der Waals surface area contributed by atoms with Gasteiger partial charge in [-0.2, -0.15) is 0 Å². The molecule has 2 rings (SSSR count). The van der Waals surface area contributed by atoms with Crippen molar-refractivity contribution in [2.45, 2.75) is 15.9 Å². The summed E-state index contributed by atoms with van der Waals surface area (Å²) in [6, 6.07) is 3.00. The van der Waals surface area contributed by atoms with Crippen molar-refractivity contribution in [1.29, 1.82) is 0 Å². The van der Waals surface area contributed by atoms with Crippen LogP contribution in [0.4, 0.5) is 5.69 Å². The van der Waals surface area contributed by atoms with Crippen molar-refractivity contribution >= 4 is 85.3 Å². The number of nitrogens with one attached hydrogen (secondary N) is 3. The van der Waals surface area contributed by atoms with Crippen molar-refractivity contribution in [3.63, 3.8) is 0 Å². The summed E-state index contributed by atoms with van der Waals surface area (Å²) in [5.41, 5.74) is 0.316. The molecule has 2 unspecified atom stereocenters. The third-order valence-electron chi connectivity index (χ3n) is 3.65. The molecular weight excluding hydrogens is 484 g/mol. The summed E-state index contributed by atoms with van der Waals surface area (Å²) in [6.45, 7) is -0.233. The lowest BCUT2D eigenvalue weighted by Crippen LogP contribution is -2.53. The highest BCUT2D eigenvalue weighted by atomic mass is 35.6. The van der Waals surface area contributed by atoms with Crippen LogP contribution in [-0.4, -0.2) is 54.2 Å². The molecule has 1 saturated heterocycles. The number of anilines is 1. The molecule has 1 heterocycles. The number of hydrogen-bond donors (Lipinski definition) is 3. The van der Waals surface area contributed by atoms with Gasteiger partial charge in [0.25, 0.3) is 9.70 Å². The summed E-state index contributed by atoms with van der Waals surface area (Å²) >= 11 is 28.3. The van der Waals surface area contributed by atoms with Gasteiger partial charge in [-0.25, -0.2) is 8.42 Å². The Bertz CT molecular complexity index is 844. The number of halogens is 5. The lowest BCUT2D eigenvalue weighted by molar-refractivity contribution is -0.120. The van der Waals surface area contributed by atoms with Gasteiger partial charge in [0.2, 0.25) is 5.91 Å². The average molecular weight is 498 g/mol. The number of sulfone groups is 1. The van der Waals surface area contributed by atoms with Crippen LogP contribution in [0, 0.1) is 0 Å². The van der Waals surface area contributed by atoms with E-state index in [4.69, 9.17) is 58.0 Å². The summed E-state index contributed by atoms with van der Waals surface area (Å²) in [5, 5.41) is 8.40. The molecule has 2 amide bonds. The summed E-state index contributed by atoms with van der Waals surface area (Å²) in [5.74, 6) is -2.03. The van der Waals surface area contributed by atoms with E-state index in [1.54, 1.807) is 6.07 Å². The Balaban J connectivity index is 1.98. The van der Waals surface area contributed by atoms with Gasteiger partial charge in [0.1, 0.15) is 0 Å². The summed E-state index contributed by atoms with van der Waals surface area (Å²) < 4.78 is 21.5. The van der Waals surface area contributed by atoms with Gasteiger partial charge in [-0.3, -0.25) is 9.59 Å². The molecule has 1 aromatic rings. The van der Waals surface area contributed by atoms with Gasteiger partial charge in [-0.1, -0.05) is 58.0 Å². The first-order chi connectivity index (χ1) is 12.4. The fourth-order valence-corrected chi connectivity index (χ4v) is 4.85. The van der Waals surface area contributed by atoms with Crippen LogP contribution in [0.3, 0.4) is 0 Å². The molecule has 0 saturated carbocycles. The van der Waals surface area contributed by atoms with Crippen molar-refractivity contribution in [3.05, 3.63) is 28.2 Å². The van der Waals surface area contributed by atoms with E-state index in [1.807, 2.05) is 0 Å². The fourth-order valence-electron chi connectivity index (χ4n) is 2.45. The van der Waals surface area contributed by atoms with Crippen molar-refractivity contribution in [1.82, 2.24) is 10.6 Å². The van der Waals surface area contributed by atoms with Gasteiger partial charge in [0.15, 0.2) is 9.84 Å². The normalized spacial score (nSPS) is 21.7. The topological polar surface area (TPSA) is 104 Å². The molecule has 1 aliphatic rings. The minimum atomic E-state index is -3.43. The Morgan fingerprint density at radius 1 is 1.11 bits per heavy atom. The zero-order valence-electron chi connectivity index (χ0n) is 13.4. The monoisotopic (exact) mass is 495 g/mol. The number of benzene rings is 1. The quantitative estimate of drug-likeness (QED) is 0.541. The molecule has 0 spiro atoms. The second-order valence-electron chi connectivity index (χ2n) is 5.81. The summed E-state index contributed by atoms with van der Waals surface area (Å²) in [4.78, 5) is 23.9. The van der Waals surface area contributed by atoms with E-state index in [2.05, 4.69) is 16.0 Å². The van der Waals surface area contributed by atoms with E-state index in [-0.39, 0.29) is 18.1 Å². The van der Waals surface area contributed by atoms with Gasteiger partial charge >= 0.3 is 0 Å². The zero-order valence-corrected chi connectivity index (χ0v) is 18.0. The predicted molar refractivity (Wildman–Crippen MR) is 108 cm³/mol. The van der Waals surface area contributed by atoms with Crippen LogP contribution in [0.5, 0.6) is 0 Å². The first-order valence-electron chi connectivity index (χ1n) is 7.44. The van der Waals surface area contributed by atoms with Crippen molar-refractivity contribution in [3.8, 4) is 0 Å². The lowest BCUT2D eigenvalue weighted by Gasteiger charge is -2.22. The average Bonchev–Trinajstić information content (AvgIpc) is 2.82. The molecule has 13 heteroatoms. The molecular formula is C14H14Cl5N3O4S. The molecule has 1 aromatic carbocycles. The van der Waals surface area contributed by atoms with Crippen LogP contribution >= 0.6 is 58.0 Å². The Kier molecular flexibility index (Phi) is 7.52.